The summed E-state index contributed by atoms with van der Waals surface area (Å²) in [6.07, 6.45) is 5.16. The van der Waals surface area contributed by atoms with Gasteiger partial charge in [-0.15, -0.1) is 0 Å². The summed E-state index contributed by atoms with van der Waals surface area (Å²) >= 11 is 0. The van der Waals surface area contributed by atoms with Gasteiger partial charge in [-0.25, -0.2) is 0 Å². The second kappa shape index (κ2) is 5.59. The van der Waals surface area contributed by atoms with Crippen LogP contribution in [0.4, 0.5) is 0 Å². The van der Waals surface area contributed by atoms with E-state index in [1.165, 1.54) is 43.5 Å². The minimum atomic E-state index is -0.313. The Morgan fingerprint density at radius 2 is 2.17 bits per heavy atom. The summed E-state index contributed by atoms with van der Waals surface area (Å²) in [7, 11) is 0. The van der Waals surface area contributed by atoms with Gasteiger partial charge in [0.25, 0.3) is 0 Å². The third kappa shape index (κ3) is 2.48. The number of fused-ring (bicyclic) bond motifs is 4. The number of nitrogens with two attached hydrogens (primary N) is 1. The van der Waals surface area contributed by atoms with Crippen molar-refractivity contribution in [2.24, 2.45) is 23.5 Å². The Hall–Kier alpha value is -1.35. The number of piperidine rings is 1. The molecule has 1 aromatic carbocycles. The predicted molar refractivity (Wildman–Crippen MR) is 97.0 cm³/mol. The minimum Gasteiger partial charge on any atom is -0.366 e. The summed E-state index contributed by atoms with van der Waals surface area (Å²) in [6.45, 7) is 9.69. The normalized spacial score (nSPS) is 33.8. The topological polar surface area (TPSA) is 46.3 Å². The number of rotatable bonds is 4. The highest BCUT2D eigenvalue weighted by Gasteiger charge is 2.48. The van der Waals surface area contributed by atoms with Crippen molar-refractivity contribution in [3.05, 3.63) is 34.9 Å². The molecule has 130 valence electrons. The fourth-order valence-electron chi connectivity index (χ4n) is 5.27. The molecular formula is C21H30N2O. The maximum absolute atomic E-state index is 11.6. The molecule has 1 aromatic rings. The first-order valence-corrected chi connectivity index (χ1v) is 9.57. The van der Waals surface area contributed by atoms with Gasteiger partial charge in [0.05, 0.1) is 0 Å². The number of hydrogen-bond donors (Lipinski definition) is 1. The molecule has 4 atom stereocenters. The maximum Gasteiger partial charge on any atom is 0.248 e. The molecule has 2 fully saturated rings. The zero-order chi connectivity index (χ0) is 17.1. The molecule has 24 heavy (non-hydrogen) atoms. The van der Waals surface area contributed by atoms with E-state index in [1.54, 1.807) is 0 Å². The molecule has 3 nitrogen and oxygen atoms in total. The molecule has 1 unspecified atom stereocenters. The van der Waals surface area contributed by atoms with Crippen LogP contribution in [-0.2, 0) is 11.8 Å². The van der Waals surface area contributed by atoms with Gasteiger partial charge >= 0.3 is 0 Å². The lowest BCUT2D eigenvalue weighted by atomic mass is 9.58. The van der Waals surface area contributed by atoms with Gasteiger partial charge in [0.1, 0.15) is 0 Å². The number of nitrogens with zero attached hydrogens (tertiary/aromatic N) is 1. The molecule has 1 amide bonds. The third-order valence-electron chi connectivity index (χ3n) is 7.36. The van der Waals surface area contributed by atoms with Crippen LogP contribution in [0.1, 0.15) is 61.5 Å². The Morgan fingerprint density at radius 1 is 1.42 bits per heavy atom. The second-order valence-electron chi connectivity index (χ2n) is 8.77. The minimum absolute atomic E-state index is 0.170. The lowest BCUT2D eigenvalue weighted by Gasteiger charge is -2.55. The smallest absolute Gasteiger partial charge is 0.248 e. The van der Waals surface area contributed by atoms with Gasteiger partial charge in [0.2, 0.25) is 5.91 Å². The average Bonchev–Trinajstić information content (AvgIpc) is 3.38. The highest BCUT2D eigenvalue weighted by Crippen LogP contribution is 2.49. The first kappa shape index (κ1) is 16.1. The Morgan fingerprint density at radius 3 is 2.83 bits per heavy atom. The standard InChI is InChI=1S/C21H30N2O/c1-13(15-4-5-15)12-23-9-8-21(3)14(2)19(23)11-16-6-7-17(20(22)24)10-18(16)21/h6-7,10,13-15,19H,4-5,8-9,11-12H2,1-3H3,(H2,22,24)/t13-,14?,19-,21-/m1/s1. The van der Waals surface area contributed by atoms with Gasteiger partial charge in [-0.1, -0.05) is 26.8 Å². The van der Waals surface area contributed by atoms with Crippen molar-refractivity contribution in [2.75, 3.05) is 13.1 Å². The number of primary amides is 1. The van der Waals surface area contributed by atoms with Crippen LogP contribution in [0.25, 0.3) is 0 Å². The third-order valence-corrected chi connectivity index (χ3v) is 7.36. The maximum atomic E-state index is 11.6. The van der Waals surface area contributed by atoms with Gasteiger partial charge in [-0.05, 0) is 78.7 Å². The lowest BCUT2D eigenvalue weighted by Crippen LogP contribution is -2.58. The molecule has 1 saturated carbocycles. The van der Waals surface area contributed by atoms with E-state index in [9.17, 15) is 4.79 Å². The molecule has 0 aromatic heterocycles. The molecule has 1 heterocycles. The molecule has 0 spiro atoms. The summed E-state index contributed by atoms with van der Waals surface area (Å²) in [6, 6.07) is 6.78. The van der Waals surface area contributed by atoms with Crippen LogP contribution in [0.2, 0.25) is 0 Å². The van der Waals surface area contributed by atoms with Crippen LogP contribution in [-0.4, -0.2) is 29.9 Å². The fraction of sp³-hybridized carbons (Fsp3) is 0.667. The van der Waals surface area contributed by atoms with Gasteiger partial charge < -0.3 is 5.73 Å². The number of benzene rings is 1. The quantitative estimate of drug-likeness (QED) is 0.922. The van der Waals surface area contributed by atoms with Crippen LogP contribution < -0.4 is 5.73 Å². The van der Waals surface area contributed by atoms with Crippen molar-refractivity contribution >= 4 is 5.91 Å². The van der Waals surface area contributed by atoms with Crippen LogP contribution >= 0.6 is 0 Å². The summed E-state index contributed by atoms with van der Waals surface area (Å²) in [4.78, 5) is 14.4. The number of carbonyl (C=O) groups excluding carboxylic acids is 1. The predicted octanol–water partition coefficient (Wildman–Crippen LogP) is 3.36. The Balaban J connectivity index is 1.64. The van der Waals surface area contributed by atoms with Crippen molar-refractivity contribution < 1.29 is 4.79 Å². The fourth-order valence-corrected chi connectivity index (χ4v) is 5.27. The average molecular weight is 326 g/mol. The second-order valence-corrected chi connectivity index (χ2v) is 8.77. The molecule has 0 radical (unpaired) electrons. The first-order chi connectivity index (χ1) is 11.4. The van der Waals surface area contributed by atoms with Crippen molar-refractivity contribution in [3.8, 4) is 0 Å². The molecular weight excluding hydrogens is 296 g/mol. The molecule has 3 aliphatic rings. The molecule has 1 aliphatic heterocycles. The molecule has 4 rings (SSSR count). The van der Waals surface area contributed by atoms with Gasteiger partial charge in [-0.3, -0.25) is 9.69 Å². The van der Waals surface area contributed by atoms with E-state index in [1.807, 2.05) is 6.07 Å². The van der Waals surface area contributed by atoms with E-state index in [2.05, 4.69) is 37.8 Å². The first-order valence-electron chi connectivity index (χ1n) is 9.57. The number of hydrogen-bond acceptors (Lipinski definition) is 2. The monoisotopic (exact) mass is 326 g/mol. The summed E-state index contributed by atoms with van der Waals surface area (Å²) in [5, 5.41) is 0. The van der Waals surface area contributed by atoms with Crippen LogP contribution in [0.15, 0.2) is 18.2 Å². The zero-order valence-electron chi connectivity index (χ0n) is 15.2. The van der Waals surface area contributed by atoms with Crippen LogP contribution in [0.3, 0.4) is 0 Å². The number of carbonyl (C=O) groups is 1. The molecule has 1 saturated heterocycles. The largest absolute Gasteiger partial charge is 0.366 e. The number of likely N-dealkylation sites (tertiary alicyclic amines) is 1. The molecule has 2 bridgehead atoms. The van der Waals surface area contributed by atoms with E-state index >= 15 is 0 Å². The lowest BCUT2D eigenvalue weighted by molar-refractivity contribution is 0.0206. The van der Waals surface area contributed by atoms with E-state index in [0.717, 1.165) is 18.3 Å². The molecule has 3 heteroatoms. The summed E-state index contributed by atoms with van der Waals surface area (Å²) in [5.41, 5.74) is 9.14. The van der Waals surface area contributed by atoms with E-state index in [0.29, 0.717) is 17.5 Å². The number of amides is 1. The SMILES string of the molecule is CC1[C@H]2Cc3ccc(C(N)=O)cc3[C@]1(C)CCN2C[C@@H](C)C1CC1. The zero-order valence-corrected chi connectivity index (χ0v) is 15.2. The summed E-state index contributed by atoms with van der Waals surface area (Å²) in [5.74, 6) is 2.11. The van der Waals surface area contributed by atoms with Gasteiger partial charge in [0, 0.05) is 18.2 Å². The van der Waals surface area contributed by atoms with Gasteiger partial charge in [0.15, 0.2) is 0 Å². The van der Waals surface area contributed by atoms with Crippen molar-refractivity contribution in [2.45, 2.75) is 57.9 Å². The van der Waals surface area contributed by atoms with Crippen molar-refractivity contribution in [1.29, 1.82) is 0 Å². The van der Waals surface area contributed by atoms with E-state index in [-0.39, 0.29) is 11.3 Å². The Labute approximate surface area is 145 Å². The highest BCUT2D eigenvalue weighted by atomic mass is 16.1. The van der Waals surface area contributed by atoms with Crippen molar-refractivity contribution in [3.63, 3.8) is 0 Å². The van der Waals surface area contributed by atoms with Gasteiger partial charge in [-0.2, -0.15) is 0 Å². The molecule has 2 aliphatic carbocycles. The highest BCUT2D eigenvalue weighted by molar-refractivity contribution is 5.93. The van der Waals surface area contributed by atoms with E-state index in [4.69, 9.17) is 5.73 Å². The Kier molecular flexibility index (Phi) is 3.76. The summed E-state index contributed by atoms with van der Waals surface area (Å²) < 4.78 is 0. The Bertz CT molecular complexity index is 666. The van der Waals surface area contributed by atoms with E-state index < -0.39 is 0 Å². The molecule has 2 N–H and O–H groups in total. The van der Waals surface area contributed by atoms with Crippen LogP contribution in [0, 0.1) is 17.8 Å². The van der Waals surface area contributed by atoms with Crippen molar-refractivity contribution in [1.82, 2.24) is 4.90 Å². The van der Waals surface area contributed by atoms with Crippen LogP contribution in [0.5, 0.6) is 0 Å².